The van der Waals surface area contributed by atoms with E-state index in [0.717, 1.165) is 43.4 Å². The molecule has 2 heterocycles. The Hall–Kier alpha value is -3.15. The molecule has 1 fully saturated rings. The molecule has 0 saturated carbocycles. The molecule has 0 radical (unpaired) electrons. The monoisotopic (exact) mass is 349 g/mol. The Morgan fingerprint density at radius 2 is 1.50 bits per heavy atom. The zero-order valence-electron chi connectivity index (χ0n) is 14.3. The van der Waals surface area contributed by atoms with Crippen LogP contribution in [-0.4, -0.2) is 36.1 Å². The molecular weight excluding hydrogens is 329 g/mol. The molecule has 0 unspecified atom stereocenters. The molecule has 1 N–H and O–H groups in total. The molecule has 0 atom stereocenters. The second kappa shape index (κ2) is 7.39. The first-order chi connectivity index (χ1) is 12.8. The van der Waals surface area contributed by atoms with Crippen molar-refractivity contribution in [2.45, 2.75) is 0 Å². The van der Waals surface area contributed by atoms with Crippen LogP contribution in [-0.2, 0) is 0 Å². The van der Waals surface area contributed by atoms with E-state index in [1.807, 2.05) is 48.5 Å². The molecule has 2 aromatic carbocycles. The largest absolute Gasteiger partial charge is 0.368 e. The normalized spacial score (nSPS) is 14.3. The van der Waals surface area contributed by atoms with Crippen molar-refractivity contribution < 1.29 is 4.39 Å². The van der Waals surface area contributed by atoms with Gasteiger partial charge in [0.05, 0.1) is 0 Å². The maximum atomic E-state index is 13.1. The van der Waals surface area contributed by atoms with Gasteiger partial charge in [-0.15, -0.1) is 0 Å². The minimum Gasteiger partial charge on any atom is -0.368 e. The Labute approximate surface area is 152 Å². The van der Waals surface area contributed by atoms with Crippen molar-refractivity contribution in [3.8, 4) is 0 Å². The minimum atomic E-state index is -0.202. The molecule has 0 aliphatic carbocycles. The second-order valence-electron chi connectivity index (χ2n) is 6.18. The van der Waals surface area contributed by atoms with Crippen molar-refractivity contribution >= 4 is 23.1 Å². The highest BCUT2D eigenvalue weighted by Gasteiger charge is 2.18. The molecule has 3 aromatic rings. The van der Waals surface area contributed by atoms with Crippen molar-refractivity contribution in [1.82, 2.24) is 9.97 Å². The van der Waals surface area contributed by atoms with Gasteiger partial charge in [0.25, 0.3) is 0 Å². The fraction of sp³-hybridized carbons (Fsp3) is 0.200. The van der Waals surface area contributed by atoms with Gasteiger partial charge in [0.1, 0.15) is 11.6 Å². The summed E-state index contributed by atoms with van der Waals surface area (Å²) in [5.41, 5.74) is 2.02. The molecule has 4 rings (SSSR count). The van der Waals surface area contributed by atoms with Crippen molar-refractivity contribution in [2.75, 3.05) is 41.3 Å². The molecule has 1 aliphatic rings. The zero-order valence-corrected chi connectivity index (χ0v) is 14.3. The van der Waals surface area contributed by atoms with Gasteiger partial charge in [0.2, 0.25) is 5.95 Å². The third kappa shape index (κ3) is 3.74. The number of anilines is 4. The zero-order chi connectivity index (χ0) is 17.8. The smallest absolute Gasteiger partial charge is 0.229 e. The number of benzene rings is 2. The van der Waals surface area contributed by atoms with E-state index in [9.17, 15) is 4.39 Å². The molecule has 0 spiro atoms. The van der Waals surface area contributed by atoms with E-state index in [0.29, 0.717) is 5.95 Å². The average Bonchev–Trinajstić information content (AvgIpc) is 2.70. The molecular formula is C20H20FN5. The molecule has 1 aromatic heterocycles. The first-order valence-electron chi connectivity index (χ1n) is 8.68. The van der Waals surface area contributed by atoms with Crippen LogP contribution in [0.3, 0.4) is 0 Å². The summed E-state index contributed by atoms with van der Waals surface area (Å²) in [6.45, 7) is 3.46. The van der Waals surface area contributed by atoms with Crippen LogP contribution in [0.2, 0.25) is 0 Å². The first-order valence-corrected chi connectivity index (χ1v) is 8.68. The number of aromatic nitrogens is 2. The molecule has 5 nitrogen and oxygen atoms in total. The van der Waals surface area contributed by atoms with Gasteiger partial charge in [-0.2, -0.15) is 4.98 Å². The fourth-order valence-electron chi connectivity index (χ4n) is 3.08. The summed E-state index contributed by atoms with van der Waals surface area (Å²) < 4.78 is 13.1. The number of piperazine rings is 1. The Balaban J connectivity index is 1.41. The van der Waals surface area contributed by atoms with Gasteiger partial charge < -0.3 is 15.1 Å². The minimum absolute atomic E-state index is 0.202. The number of rotatable bonds is 4. The third-order valence-corrected chi connectivity index (χ3v) is 4.47. The van der Waals surface area contributed by atoms with E-state index in [2.05, 4.69) is 25.1 Å². The van der Waals surface area contributed by atoms with E-state index in [-0.39, 0.29) is 5.82 Å². The highest BCUT2D eigenvalue weighted by molar-refractivity contribution is 5.55. The Morgan fingerprint density at radius 1 is 0.808 bits per heavy atom. The van der Waals surface area contributed by atoms with Gasteiger partial charge in [-0.05, 0) is 42.5 Å². The van der Waals surface area contributed by atoms with Crippen LogP contribution in [0.25, 0.3) is 0 Å². The predicted octanol–water partition coefficient (Wildman–Crippen LogP) is 3.69. The SMILES string of the molecule is Fc1ccc(N2CCN(c3ccnc(Nc4ccccc4)n3)CC2)cc1. The van der Waals surface area contributed by atoms with Crippen LogP contribution in [0, 0.1) is 5.82 Å². The number of halogens is 1. The van der Waals surface area contributed by atoms with Crippen molar-refractivity contribution in [1.29, 1.82) is 0 Å². The van der Waals surface area contributed by atoms with Gasteiger partial charge in [0, 0.05) is 43.8 Å². The molecule has 1 aliphatic heterocycles. The lowest BCUT2D eigenvalue weighted by atomic mass is 10.2. The summed E-state index contributed by atoms with van der Waals surface area (Å²) in [4.78, 5) is 13.5. The maximum Gasteiger partial charge on any atom is 0.229 e. The summed E-state index contributed by atoms with van der Waals surface area (Å²) in [6, 6.07) is 18.5. The number of hydrogen-bond acceptors (Lipinski definition) is 5. The standard InChI is InChI=1S/C20H20FN5/c21-16-6-8-18(9-7-16)25-12-14-26(15-13-25)19-10-11-22-20(24-19)23-17-4-2-1-3-5-17/h1-11H,12-15H2,(H,22,23,24). The number of nitrogens with zero attached hydrogens (tertiary/aromatic N) is 4. The van der Waals surface area contributed by atoms with Crippen LogP contribution in [0.5, 0.6) is 0 Å². The van der Waals surface area contributed by atoms with Gasteiger partial charge in [-0.25, -0.2) is 9.37 Å². The van der Waals surface area contributed by atoms with E-state index in [4.69, 9.17) is 0 Å². The quantitative estimate of drug-likeness (QED) is 0.778. The predicted molar refractivity (Wildman–Crippen MR) is 103 cm³/mol. The lowest BCUT2D eigenvalue weighted by Crippen LogP contribution is -2.46. The van der Waals surface area contributed by atoms with Crippen LogP contribution in [0.15, 0.2) is 66.9 Å². The molecule has 26 heavy (non-hydrogen) atoms. The van der Waals surface area contributed by atoms with Crippen LogP contribution in [0.1, 0.15) is 0 Å². The summed E-state index contributed by atoms with van der Waals surface area (Å²) >= 11 is 0. The van der Waals surface area contributed by atoms with Gasteiger partial charge in [-0.3, -0.25) is 0 Å². The van der Waals surface area contributed by atoms with Crippen LogP contribution < -0.4 is 15.1 Å². The number of nitrogens with one attached hydrogen (secondary N) is 1. The molecule has 0 amide bonds. The molecule has 1 saturated heterocycles. The van der Waals surface area contributed by atoms with Crippen molar-refractivity contribution in [2.24, 2.45) is 0 Å². The maximum absolute atomic E-state index is 13.1. The van der Waals surface area contributed by atoms with E-state index in [1.54, 1.807) is 6.20 Å². The summed E-state index contributed by atoms with van der Waals surface area (Å²) in [5, 5.41) is 3.23. The van der Waals surface area contributed by atoms with Crippen LogP contribution >= 0.6 is 0 Å². The number of para-hydroxylation sites is 1. The Bertz CT molecular complexity index is 846. The average molecular weight is 349 g/mol. The lowest BCUT2D eigenvalue weighted by Gasteiger charge is -2.36. The van der Waals surface area contributed by atoms with Crippen molar-refractivity contribution in [3.63, 3.8) is 0 Å². The van der Waals surface area contributed by atoms with Gasteiger partial charge in [0.15, 0.2) is 0 Å². The summed E-state index contributed by atoms with van der Waals surface area (Å²) in [5.74, 6) is 1.30. The van der Waals surface area contributed by atoms with E-state index < -0.39 is 0 Å². The summed E-state index contributed by atoms with van der Waals surface area (Å²) in [7, 11) is 0. The first kappa shape index (κ1) is 16.3. The Morgan fingerprint density at radius 3 is 2.23 bits per heavy atom. The second-order valence-corrected chi connectivity index (χ2v) is 6.18. The van der Waals surface area contributed by atoms with Gasteiger partial charge >= 0.3 is 0 Å². The molecule has 6 heteroatoms. The lowest BCUT2D eigenvalue weighted by molar-refractivity contribution is 0.624. The topological polar surface area (TPSA) is 44.3 Å². The molecule has 132 valence electrons. The Kier molecular flexibility index (Phi) is 4.64. The van der Waals surface area contributed by atoms with Gasteiger partial charge in [-0.1, -0.05) is 18.2 Å². The fourth-order valence-corrected chi connectivity index (χ4v) is 3.08. The molecule has 0 bridgehead atoms. The van der Waals surface area contributed by atoms with Crippen LogP contribution in [0.4, 0.5) is 27.5 Å². The van der Waals surface area contributed by atoms with Crippen molar-refractivity contribution in [3.05, 3.63) is 72.7 Å². The summed E-state index contributed by atoms with van der Waals surface area (Å²) in [6.07, 6.45) is 1.78. The van der Waals surface area contributed by atoms with E-state index >= 15 is 0 Å². The van der Waals surface area contributed by atoms with E-state index in [1.165, 1.54) is 12.1 Å². The third-order valence-electron chi connectivity index (χ3n) is 4.47. The number of hydrogen-bond donors (Lipinski definition) is 1. The highest BCUT2D eigenvalue weighted by Crippen LogP contribution is 2.21. The highest BCUT2D eigenvalue weighted by atomic mass is 19.1.